The molecule has 3 unspecified atom stereocenters. The summed E-state index contributed by atoms with van der Waals surface area (Å²) in [5, 5.41) is 17.0. The smallest absolute Gasteiger partial charge is 0.298 e. The van der Waals surface area contributed by atoms with E-state index in [0.717, 1.165) is 51.8 Å². The Morgan fingerprint density at radius 2 is 1.81 bits per heavy atom. The van der Waals surface area contributed by atoms with E-state index < -0.39 is 34.9 Å². The van der Waals surface area contributed by atoms with Crippen LogP contribution in [0, 0.1) is 29.1 Å². The summed E-state index contributed by atoms with van der Waals surface area (Å²) >= 11 is 0. The average Bonchev–Trinajstić information content (AvgIpc) is 3.98. The number of fused-ring (bicyclic) bond motifs is 1. The van der Waals surface area contributed by atoms with Gasteiger partial charge in [-0.05, 0) is 117 Å². The van der Waals surface area contributed by atoms with Crippen LogP contribution < -0.4 is 10.7 Å². The average molecular weight is 1020 g/mol. The second-order valence-corrected chi connectivity index (χ2v) is 20.8. The number of nitrogens with one attached hydrogen (secondary N) is 2. The third-order valence-electron chi connectivity index (χ3n) is 14.3. The predicted octanol–water partition coefficient (Wildman–Crippen LogP) is 5.83. The molecule has 3 N–H and O–H groups in total. The van der Waals surface area contributed by atoms with Crippen LogP contribution >= 0.6 is 0 Å². The topological polar surface area (TPSA) is 188 Å². The molecule has 3 fully saturated rings. The zero-order chi connectivity index (χ0) is 53.9. The number of ether oxygens (including phenoxy) is 3. The van der Waals surface area contributed by atoms with Crippen LogP contribution in [0.5, 0.6) is 5.75 Å². The molecule has 74 heavy (non-hydrogen) atoms. The number of likely N-dealkylation sites (tertiary alicyclic amines) is 1. The molecule has 3 atom stereocenters. The van der Waals surface area contributed by atoms with Crippen molar-refractivity contribution in [3.05, 3.63) is 71.5 Å². The number of carbonyl (C=O) groups excluding carboxylic acids is 5. The van der Waals surface area contributed by atoms with Crippen LogP contribution in [0.3, 0.4) is 0 Å². The molecule has 0 radical (unpaired) electrons. The summed E-state index contributed by atoms with van der Waals surface area (Å²) in [6, 6.07) is 13.4. The van der Waals surface area contributed by atoms with Crippen molar-refractivity contribution >= 4 is 41.0 Å². The van der Waals surface area contributed by atoms with Crippen molar-refractivity contribution in [3.8, 4) is 40.0 Å². The highest BCUT2D eigenvalue weighted by Gasteiger charge is 2.41. The Morgan fingerprint density at radius 3 is 2.45 bits per heavy atom. The summed E-state index contributed by atoms with van der Waals surface area (Å²) in [5.74, 6) is 3.57. The summed E-state index contributed by atoms with van der Waals surface area (Å²) in [5.41, 5.74) is 9.16. The standard InChI is InChI=1S/C55H72N8O9.C2H6/c1-10-62-47-16-15-38(28-43(47)44(29-54(4,5)32-72-35-64)50(62)42-14-13-20-56-46(42)31-70-9)40-24-37(25-41(65)27-40)26-45(53(69)63-22-12-11-21-57-63)58-51(67)49(36(2)3)60(8)52(68)39-18-23-61(30-39)48(66)17-19-55(59(6)7)33-71-34-55;1-2/h13-16,20,24-25,27-28,35-36,39,45,49,57,65H,10-12,18,21-23,26,29-34H2,1-9H3,(H,58,67);1-2H3. The van der Waals surface area contributed by atoms with E-state index in [1.807, 2.05) is 64.9 Å². The van der Waals surface area contributed by atoms with E-state index in [9.17, 15) is 29.1 Å². The lowest BCUT2D eigenvalue weighted by molar-refractivity contribution is -0.145. The molecule has 0 saturated carbocycles. The highest BCUT2D eigenvalue weighted by Crippen LogP contribution is 2.41. The van der Waals surface area contributed by atoms with Crippen molar-refractivity contribution in [3.63, 3.8) is 0 Å². The Hall–Kier alpha value is -6.32. The minimum absolute atomic E-state index is 0.00955. The number of pyridine rings is 1. The van der Waals surface area contributed by atoms with Gasteiger partial charge in [-0.1, -0.05) is 59.6 Å². The molecule has 0 aliphatic carbocycles. The van der Waals surface area contributed by atoms with Crippen molar-refractivity contribution in [2.45, 2.75) is 111 Å². The van der Waals surface area contributed by atoms with Gasteiger partial charge >= 0.3 is 0 Å². The van der Waals surface area contributed by atoms with Crippen molar-refractivity contribution < 1.29 is 43.3 Å². The Balaban J connectivity index is 0.00000440. The molecule has 0 bridgehead atoms. The number of aromatic nitrogens is 2. The first-order chi connectivity index (χ1) is 35.4. The first-order valence-corrected chi connectivity index (χ1v) is 26.1. The maximum absolute atomic E-state index is 14.6. The summed E-state index contributed by atoms with van der Waals surface area (Å²) in [6.45, 7) is 18.1. The molecule has 4 amide bonds. The van der Waals surface area contributed by atoms with Crippen LogP contribution in [0.15, 0.2) is 54.7 Å². The maximum atomic E-state index is 14.6. The number of hydrogen-bond donors (Lipinski definition) is 3. The lowest BCUT2D eigenvalue weighted by atomic mass is 9.84. The van der Waals surface area contributed by atoms with E-state index in [-0.39, 0.29) is 49.0 Å². The highest BCUT2D eigenvalue weighted by atomic mass is 16.5. The molecule has 4 aromatic rings. The van der Waals surface area contributed by atoms with Crippen molar-refractivity contribution in [1.82, 2.24) is 40.0 Å². The van der Waals surface area contributed by atoms with Gasteiger partial charge in [0.15, 0.2) is 0 Å². The van der Waals surface area contributed by atoms with E-state index in [1.54, 1.807) is 42.4 Å². The van der Waals surface area contributed by atoms with E-state index in [2.05, 4.69) is 66.1 Å². The van der Waals surface area contributed by atoms with Crippen molar-refractivity contribution in [2.24, 2.45) is 17.3 Å². The molecule has 3 aliphatic rings. The van der Waals surface area contributed by atoms with Crippen LogP contribution in [-0.4, -0.2) is 156 Å². The quantitative estimate of drug-likeness (QED) is 0.0755. The number of carbonyl (C=O) groups is 5. The normalized spacial score (nSPS) is 17.1. The molecule has 17 nitrogen and oxygen atoms in total. The number of rotatable bonds is 19. The van der Waals surface area contributed by atoms with Gasteiger partial charge in [0.05, 0.1) is 43.7 Å². The number of methoxy groups -OCH3 is 1. The number of aryl methyl sites for hydroxylation is 1. The SMILES string of the molecule is CC.CCn1c(-c2cccnc2COC)c(CC(C)(C)COC=O)c2cc(-c3cc(O)cc(CC(NC(=O)C(C(C)C)N(C)C(=O)C4CCN(C(=O)C#CC5(N(C)C)COC5)C4)C(=O)N4CCCCN4)c3)ccc21. The maximum Gasteiger partial charge on any atom is 0.298 e. The van der Waals surface area contributed by atoms with Gasteiger partial charge in [-0.3, -0.25) is 38.9 Å². The van der Waals surface area contributed by atoms with Crippen LogP contribution in [0.1, 0.15) is 84.5 Å². The summed E-state index contributed by atoms with van der Waals surface area (Å²) < 4.78 is 18.5. The molecular weight excluding hydrogens is 941 g/mol. The zero-order valence-corrected chi connectivity index (χ0v) is 45.4. The first kappa shape index (κ1) is 57.0. The van der Waals surface area contributed by atoms with Gasteiger partial charge in [0.1, 0.15) is 23.4 Å². The Labute approximate surface area is 437 Å². The molecule has 5 heterocycles. The molecule has 17 heteroatoms. The molecule has 2 aromatic heterocycles. The van der Waals surface area contributed by atoms with Gasteiger partial charge in [0.2, 0.25) is 11.8 Å². The van der Waals surface area contributed by atoms with Crippen LogP contribution in [-0.2, 0) is 64.2 Å². The number of likely N-dealkylation sites (N-methyl/N-ethyl adjacent to an activating group) is 2. The van der Waals surface area contributed by atoms with Crippen LogP contribution in [0.4, 0.5) is 0 Å². The van der Waals surface area contributed by atoms with E-state index in [4.69, 9.17) is 19.2 Å². The van der Waals surface area contributed by atoms with E-state index >= 15 is 0 Å². The van der Waals surface area contributed by atoms with Gasteiger partial charge in [0.25, 0.3) is 18.3 Å². The molecule has 7 rings (SSSR count). The fraction of sp³-hybridized carbons (Fsp3) is 0.544. The molecule has 3 aliphatic heterocycles. The Morgan fingerprint density at radius 1 is 1.05 bits per heavy atom. The number of phenols is 1. The number of nitrogens with zero attached hydrogens (tertiary/aromatic N) is 6. The molecule has 3 saturated heterocycles. The van der Waals surface area contributed by atoms with Gasteiger partial charge in [-0.2, -0.15) is 0 Å². The Kier molecular flexibility index (Phi) is 19.5. The van der Waals surface area contributed by atoms with Crippen molar-refractivity contribution in [1.29, 1.82) is 0 Å². The third-order valence-corrected chi connectivity index (χ3v) is 14.3. The van der Waals surface area contributed by atoms with Crippen LogP contribution in [0.2, 0.25) is 0 Å². The molecule has 0 spiro atoms. The Bertz CT molecular complexity index is 2690. The second kappa shape index (κ2) is 25.3. The second-order valence-electron chi connectivity index (χ2n) is 20.8. The minimum atomic E-state index is -1.06. The number of benzene rings is 2. The number of hydrogen-bond acceptors (Lipinski definition) is 12. The number of aromatic hydroxyl groups is 1. The minimum Gasteiger partial charge on any atom is -0.508 e. The summed E-state index contributed by atoms with van der Waals surface area (Å²) in [6.07, 6.45) is 4.49. The van der Waals surface area contributed by atoms with Gasteiger partial charge in [-0.25, -0.2) is 5.43 Å². The number of amides is 4. The van der Waals surface area contributed by atoms with Gasteiger partial charge in [-0.15, -0.1) is 0 Å². The van der Waals surface area contributed by atoms with Gasteiger partial charge < -0.3 is 39.0 Å². The molecular formula is C57H78N8O9. The number of hydrazine groups is 1. The molecule has 400 valence electrons. The number of phenolic OH excluding ortho intramolecular Hbond substituents is 1. The predicted molar refractivity (Wildman–Crippen MR) is 285 cm³/mol. The molecule has 2 aromatic carbocycles. The fourth-order valence-electron chi connectivity index (χ4n) is 10.3. The van der Waals surface area contributed by atoms with Gasteiger partial charge in [0, 0.05) is 81.4 Å². The van der Waals surface area contributed by atoms with Crippen LogP contribution in [0.25, 0.3) is 33.3 Å². The largest absolute Gasteiger partial charge is 0.508 e. The van der Waals surface area contributed by atoms with Crippen molar-refractivity contribution in [2.75, 3.05) is 74.3 Å². The zero-order valence-electron chi connectivity index (χ0n) is 45.4. The highest BCUT2D eigenvalue weighted by molar-refractivity contribution is 5.97. The summed E-state index contributed by atoms with van der Waals surface area (Å²) in [7, 11) is 7.05. The fourth-order valence-corrected chi connectivity index (χ4v) is 10.3. The third kappa shape index (κ3) is 12.9. The summed E-state index contributed by atoms with van der Waals surface area (Å²) in [4.78, 5) is 77.5. The van der Waals surface area contributed by atoms with E-state index in [1.165, 1.54) is 4.90 Å². The lowest BCUT2D eigenvalue weighted by Crippen LogP contribution is -2.59. The first-order valence-electron chi connectivity index (χ1n) is 26.1. The van der Waals surface area contributed by atoms with E-state index in [0.29, 0.717) is 76.4 Å². The monoisotopic (exact) mass is 1020 g/mol. The lowest BCUT2D eigenvalue weighted by Gasteiger charge is -2.42.